The van der Waals surface area contributed by atoms with Gasteiger partial charge in [0.05, 0.1) is 37.2 Å². The summed E-state index contributed by atoms with van der Waals surface area (Å²) in [6.07, 6.45) is 5.31. The van der Waals surface area contributed by atoms with Crippen molar-refractivity contribution in [2.24, 2.45) is 0 Å². The van der Waals surface area contributed by atoms with Crippen LogP contribution < -0.4 is 20.1 Å². The van der Waals surface area contributed by atoms with Crippen LogP contribution in [0.15, 0.2) is 61.4 Å². The molecule has 4 heterocycles. The lowest BCUT2D eigenvalue weighted by atomic mass is 10.0. The topological polar surface area (TPSA) is 145 Å². The summed E-state index contributed by atoms with van der Waals surface area (Å²) in [5, 5.41) is 6.20. The number of rotatable bonds is 11. The third kappa shape index (κ3) is 8.64. The standard InChI is InChI=1S/C38H41ClN6O6/c1-8-23-19-41-30(18-31(23)49-6)35(47)43-28-11-9-10-26(22(28)2)34-33(39)27(16-17-40-34)29-14-12-24(36(44-29)50-7)20-45(37(48)51-38(3,4)5)21-25-13-15-32(46)42-25/h8-12,14,16-19,25H,1,13,15,20-21H2,2-7H3,(H,42,46)(H,43,47)/t25-/m0/s1. The summed E-state index contributed by atoms with van der Waals surface area (Å²) in [5.74, 6) is 0.340. The van der Waals surface area contributed by atoms with Crippen LogP contribution >= 0.6 is 11.6 Å². The molecule has 4 aromatic rings. The largest absolute Gasteiger partial charge is 0.496 e. The SMILES string of the molecule is C=Cc1cnc(C(=O)Nc2cccc(-c3nccc(-c4ccc(CN(C[C@@H]5CCC(=O)N5)C(=O)OC(C)(C)C)c(OC)n4)c3Cl)c2C)cc1OC. The van der Waals surface area contributed by atoms with Gasteiger partial charge in [-0.1, -0.05) is 36.4 Å². The molecule has 0 radical (unpaired) electrons. The smallest absolute Gasteiger partial charge is 0.410 e. The molecule has 0 saturated carbocycles. The second kappa shape index (κ2) is 15.6. The molecule has 1 aliphatic rings. The quantitative estimate of drug-likeness (QED) is 0.166. The molecule has 3 amide bonds. The molecule has 1 fully saturated rings. The van der Waals surface area contributed by atoms with Crippen LogP contribution in [0, 0.1) is 6.92 Å². The summed E-state index contributed by atoms with van der Waals surface area (Å²) < 4.78 is 16.7. The molecule has 13 heteroatoms. The number of halogens is 1. The molecule has 1 atom stereocenters. The Morgan fingerprint density at radius 2 is 1.90 bits per heavy atom. The molecular weight excluding hydrogens is 672 g/mol. The average Bonchev–Trinajstić information content (AvgIpc) is 3.52. The van der Waals surface area contributed by atoms with Crippen LogP contribution in [0.4, 0.5) is 10.5 Å². The first-order valence-electron chi connectivity index (χ1n) is 16.4. The highest BCUT2D eigenvalue weighted by atomic mass is 35.5. The van der Waals surface area contributed by atoms with Crippen molar-refractivity contribution in [3.05, 3.63) is 88.8 Å². The highest BCUT2D eigenvalue weighted by Gasteiger charge is 2.29. The highest BCUT2D eigenvalue weighted by Crippen LogP contribution is 2.38. The van der Waals surface area contributed by atoms with Gasteiger partial charge >= 0.3 is 6.09 Å². The zero-order valence-corrected chi connectivity index (χ0v) is 30.3. The maximum atomic E-state index is 13.2. The third-order valence-corrected chi connectivity index (χ3v) is 8.62. The molecule has 1 saturated heterocycles. The Kier molecular flexibility index (Phi) is 11.2. The zero-order valence-electron chi connectivity index (χ0n) is 29.5. The van der Waals surface area contributed by atoms with Gasteiger partial charge in [0.25, 0.3) is 5.91 Å². The van der Waals surface area contributed by atoms with E-state index in [0.717, 1.165) is 5.56 Å². The Morgan fingerprint density at radius 1 is 1.12 bits per heavy atom. The average molecular weight is 713 g/mol. The van der Waals surface area contributed by atoms with Gasteiger partial charge in [0.1, 0.15) is 17.0 Å². The predicted octanol–water partition coefficient (Wildman–Crippen LogP) is 7.10. The predicted molar refractivity (Wildman–Crippen MR) is 196 cm³/mol. The van der Waals surface area contributed by atoms with Crippen LogP contribution in [0.2, 0.25) is 5.02 Å². The van der Waals surface area contributed by atoms with Gasteiger partial charge in [-0.25, -0.2) is 9.78 Å². The highest BCUT2D eigenvalue weighted by molar-refractivity contribution is 6.35. The van der Waals surface area contributed by atoms with Gasteiger partial charge < -0.3 is 29.7 Å². The normalized spacial score (nSPS) is 14.0. The number of carbonyl (C=O) groups is 3. The number of methoxy groups -OCH3 is 2. The number of amides is 3. The minimum absolute atomic E-state index is 0.0406. The summed E-state index contributed by atoms with van der Waals surface area (Å²) >= 11 is 7.03. The number of anilines is 1. The van der Waals surface area contributed by atoms with Gasteiger partial charge in [0.15, 0.2) is 0 Å². The van der Waals surface area contributed by atoms with Crippen LogP contribution in [0.3, 0.4) is 0 Å². The van der Waals surface area contributed by atoms with Crippen molar-refractivity contribution in [3.63, 3.8) is 0 Å². The number of nitrogens with zero attached hydrogens (tertiary/aromatic N) is 4. The van der Waals surface area contributed by atoms with Crippen LogP contribution in [0.1, 0.15) is 60.8 Å². The number of hydrogen-bond acceptors (Lipinski definition) is 9. The molecule has 51 heavy (non-hydrogen) atoms. The first-order valence-corrected chi connectivity index (χ1v) is 16.7. The van der Waals surface area contributed by atoms with E-state index in [1.165, 1.54) is 20.4 Å². The minimum Gasteiger partial charge on any atom is -0.496 e. The summed E-state index contributed by atoms with van der Waals surface area (Å²) in [4.78, 5) is 53.4. The lowest BCUT2D eigenvalue weighted by Gasteiger charge is -2.29. The molecule has 1 aliphatic heterocycles. The van der Waals surface area contributed by atoms with Gasteiger partial charge in [0.2, 0.25) is 11.8 Å². The number of hydrogen-bond donors (Lipinski definition) is 2. The molecule has 1 aromatic carbocycles. The van der Waals surface area contributed by atoms with E-state index < -0.39 is 17.6 Å². The number of ether oxygens (including phenoxy) is 3. The second-order valence-corrected chi connectivity index (χ2v) is 13.4. The maximum absolute atomic E-state index is 13.2. The number of nitrogens with one attached hydrogen (secondary N) is 2. The van der Waals surface area contributed by atoms with Crippen molar-refractivity contribution in [1.29, 1.82) is 0 Å². The molecule has 3 aromatic heterocycles. The van der Waals surface area contributed by atoms with E-state index in [2.05, 4.69) is 27.2 Å². The van der Waals surface area contributed by atoms with E-state index in [1.54, 1.807) is 68.3 Å². The monoisotopic (exact) mass is 712 g/mol. The third-order valence-electron chi connectivity index (χ3n) is 8.24. The Bertz CT molecular complexity index is 1980. The lowest BCUT2D eigenvalue weighted by Crippen LogP contribution is -2.43. The summed E-state index contributed by atoms with van der Waals surface area (Å²) in [5.41, 5.74) is 4.45. The van der Waals surface area contributed by atoms with Gasteiger partial charge in [-0.3, -0.25) is 19.6 Å². The van der Waals surface area contributed by atoms with E-state index in [4.69, 9.17) is 30.8 Å². The first kappa shape index (κ1) is 36.8. The van der Waals surface area contributed by atoms with Crippen molar-refractivity contribution < 1.29 is 28.6 Å². The summed E-state index contributed by atoms with van der Waals surface area (Å²) in [6.45, 7) is 11.4. The summed E-state index contributed by atoms with van der Waals surface area (Å²) in [6, 6.07) is 12.2. The fourth-order valence-corrected chi connectivity index (χ4v) is 5.99. The first-order chi connectivity index (χ1) is 24.3. The molecule has 12 nitrogen and oxygen atoms in total. The molecule has 0 unspecified atom stereocenters. The van der Waals surface area contributed by atoms with Crippen molar-refractivity contribution in [2.45, 2.75) is 58.7 Å². The zero-order chi connectivity index (χ0) is 36.9. The molecule has 0 bridgehead atoms. The Balaban J connectivity index is 1.41. The van der Waals surface area contributed by atoms with Crippen LogP contribution in [0.5, 0.6) is 11.6 Å². The summed E-state index contributed by atoms with van der Waals surface area (Å²) in [7, 11) is 3.02. The molecule has 5 rings (SSSR count). The fraction of sp³-hybridized carbons (Fsp3) is 0.316. The van der Waals surface area contributed by atoms with E-state index in [0.29, 0.717) is 68.8 Å². The Labute approximate surface area is 302 Å². The van der Waals surface area contributed by atoms with Crippen LogP contribution in [-0.2, 0) is 16.1 Å². The van der Waals surface area contributed by atoms with Crippen molar-refractivity contribution in [2.75, 3.05) is 26.1 Å². The van der Waals surface area contributed by atoms with Crippen LogP contribution in [0.25, 0.3) is 28.6 Å². The lowest BCUT2D eigenvalue weighted by molar-refractivity contribution is -0.119. The van der Waals surface area contributed by atoms with E-state index in [9.17, 15) is 14.4 Å². The van der Waals surface area contributed by atoms with Crippen molar-refractivity contribution in [1.82, 2.24) is 25.2 Å². The van der Waals surface area contributed by atoms with Crippen molar-refractivity contribution >= 4 is 41.3 Å². The molecule has 0 spiro atoms. The van der Waals surface area contributed by atoms with E-state index in [1.807, 2.05) is 19.1 Å². The molecular formula is C38H41ClN6O6. The van der Waals surface area contributed by atoms with Gasteiger partial charge in [-0.2, -0.15) is 0 Å². The fourth-order valence-electron chi connectivity index (χ4n) is 5.68. The van der Waals surface area contributed by atoms with Gasteiger partial charge in [-0.05, 0) is 63.9 Å². The molecule has 2 N–H and O–H groups in total. The number of aromatic nitrogens is 3. The Hall–Kier alpha value is -5.49. The van der Waals surface area contributed by atoms with Crippen molar-refractivity contribution in [3.8, 4) is 34.1 Å². The Morgan fingerprint density at radius 3 is 2.57 bits per heavy atom. The van der Waals surface area contributed by atoms with Gasteiger partial charge in [-0.15, -0.1) is 0 Å². The second-order valence-electron chi connectivity index (χ2n) is 13.0. The number of pyridine rings is 3. The minimum atomic E-state index is -0.706. The molecule has 0 aliphatic carbocycles. The number of benzene rings is 1. The molecule has 266 valence electrons. The van der Waals surface area contributed by atoms with E-state index >= 15 is 0 Å². The van der Waals surface area contributed by atoms with E-state index in [-0.39, 0.29) is 30.7 Å². The maximum Gasteiger partial charge on any atom is 0.410 e. The van der Waals surface area contributed by atoms with Gasteiger partial charge in [0, 0.05) is 65.4 Å². The number of carbonyl (C=O) groups excluding carboxylic acids is 3. The van der Waals surface area contributed by atoms with Crippen LogP contribution in [-0.4, -0.2) is 70.2 Å².